The molecule has 0 aliphatic carbocycles. The standard InChI is InChI=1S/C13H21NO2S/c1-4-14-8-12(15)9-17(16)13-7-10(2)5-6-11(13)3/h5-7,12,14-15H,4,8-9H2,1-3H3. The molecule has 0 bridgehead atoms. The van der Waals surface area contributed by atoms with Crippen LogP contribution in [0.1, 0.15) is 18.1 Å². The van der Waals surface area contributed by atoms with Gasteiger partial charge in [-0.1, -0.05) is 19.1 Å². The smallest absolute Gasteiger partial charge is 0.0783 e. The summed E-state index contributed by atoms with van der Waals surface area (Å²) in [5, 5.41) is 12.8. The molecule has 0 saturated heterocycles. The van der Waals surface area contributed by atoms with Crippen LogP contribution in [0, 0.1) is 13.8 Å². The van der Waals surface area contributed by atoms with E-state index in [2.05, 4.69) is 5.32 Å². The zero-order valence-electron chi connectivity index (χ0n) is 10.7. The van der Waals surface area contributed by atoms with Crippen LogP contribution in [0.2, 0.25) is 0 Å². The van der Waals surface area contributed by atoms with Gasteiger partial charge in [0, 0.05) is 11.4 Å². The van der Waals surface area contributed by atoms with Crippen molar-refractivity contribution in [3.8, 4) is 0 Å². The summed E-state index contributed by atoms with van der Waals surface area (Å²) in [6.45, 7) is 7.22. The maximum atomic E-state index is 12.1. The third kappa shape index (κ3) is 4.58. The lowest BCUT2D eigenvalue weighted by atomic mass is 10.2. The van der Waals surface area contributed by atoms with Crippen molar-refractivity contribution in [2.24, 2.45) is 0 Å². The summed E-state index contributed by atoms with van der Waals surface area (Å²) in [5.74, 6) is 0.289. The van der Waals surface area contributed by atoms with Gasteiger partial charge in [-0.05, 0) is 37.6 Å². The average molecular weight is 255 g/mol. The van der Waals surface area contributed by atoms with Gasteiger partial charge >= 0.3 is 0 Å². The molecule has 0 amide bonds. The minimum atomic E-state index is -1.13. The van der Waals surface area contributed by atoms with Gasteiger partial charge in [0.1, 0.15) is 0 Å². The minimum Gasteiger partial charge on any atom is -0.391 e. The molecule has 2 atom stereocenters. The highest BCUT2D eigenvalue weighted by molar-refractivity contribution is 7.85. The molecule has 4 heteroatoms. The first-order chi connectivity index (χ1) is 8.04. The first-order valence-electron chi connectivity index (χ1n) is 5.89. The van der Waals surface area contributed by atoms with Crippen LogP contribution in [0.3, 0.4) is 0 Å². The summed E-state index contributed by atoms with van der Waals surface area (Å²) in [7, 11) is -1.13. The first-order valence-corrected chi connectivity index (χ1v) is 7.21. The Bertz CT molecular complexity index is 393. The summed E-state index contributed by atoms with van der Waals surface area (Å²) in [4.78, 5) is 0.834. The van der Waals surface area contributed by atoms with Crippen LogP contribution in [-0.4, -0.2) is 34.3 Å². The number of aryl methyl sites for hydroxylation is 2. The van der Waals surface area contributed by atoms with Crippen molar-refractivity contribution in [1.29, 1.82) is 0 Å². The molecule has 0 saturated carbocycles. The van der Waals surface area contributed by atoms with Gasteiger partial charge in [0.15, 0.2) is 0 Å². The molecule has 2 unspecified atom stereocenters. The van der Waals surface area contributed by atoms with Crippen LogP contribution in [0.4, 0.5) is 0 Å². The lowest BCUT2D eigenvalue weighted by Gasteiger charge is -2.12. The number of aliphatic hydroxyl groups is 1. The normalized spacial score (nSPS) is 14.6. The molecular formula is C13H21NO2S. The largest absolute Gasteiger partial charge is 0.391 e. The second-order valence-electron chi connectivity index (χ2n) is 4.24. The van der Waals surface area contributed by atoms with Crippen molar-refractivity contribution in [2.45, 2.75) is 31.8 Å². The topological polar surface area (TPSA) is 49.3 Å². The Morgan fingerprint density at radius 2 is 2.12 bits per heavy atom. The van der Waals surface area contributed by atoms with Crippen LogP contribution in [0.25, 0.3) is 0 Å². The molecule has 0 aliphatic heterocycles. The molecule has 1 rings (SSSR count). The molecule has 0 heterocycles. The molecule has 3 nitrogen and oxygen atoms in total. The Balaban J connectivity index is 2.66. The lowest BCUT2D eigenvalue weighted by Crippen LogP contribution is -2.30. The second-order valence-corrected chi connectivity index (χ2v) is 5.71. The molecule has 0 spiro atoms. The zero-order chi connectivity index (χ0) is 12.8. The highest BCUT2D eigenvalue weighted by Crippen LogP contribution is 2.15. The minimum absolute atomic E-state index is 0.289. The van der Waals surface area contributed by atoms with E-state index in [0.717, 1.165) is 22.6 Å². The van der Waals surface area contributed by atoms with Gasteiger partial charge in [-0.3, -0.25) is 4.21 Å². The summed E-state index contributed by atoms with van der Waals surface area (Å²) in [5.41, 5.74) is 2.12. The van der Waals surface area contributed by atoms with Gasteiger partial charge in [0.05, 0.1) is 22.7 Å². The van der Waals surface area contributed by atoms with Crippen molar-refractivity contribution >= 4 is 10.8 Å². The van der Waals surface area contributed by atoms with Gasteiger partial charge in [0.25, 0.3) is 0 Å². The fourth-order valence-corrected chi connectivity index (χ4v) is 2.98. The van der Waals surface area contributed by atoms with Crippen molar-refractivity contribution in [1.82, 2.24) is 5.32 Å². The van der Waals surface area contributed by atoms with E-state index in [-0.39, 0.29) is 5.75 Å². The van der Waals surface area contributed by atoms with E-state index in [4.69, 9.17) is 0 Å². The Morgan fingerprint density at radius 1 is 1.41 bits per heavy atom. The van der Waals surface area contributed by atoms with Crippen molar-refractivity contribution < 1.29 is 9.32 Å². The average Bonchev–Trinajstić information content (AvgIpc) is 2.29. The van der Waals surface area contributed by atoms with E-state index in [0.29, 0.717) is 6.54 Å². The van der Waals surface area contributed by atoms with Gasteiger partial charge in [-0.15, -0.1) is 0 Å². The van der Waals surface area contributed by atoms with Gasteiger partial charge in [-0.2, -0.15) is 0 Å². The highest BCUT2D eigenvalue weighted by Gasteiger charge is 2.12. The second kappa shape index (κ2) is 6.89. The number of rotatable bonds is 6. The number of aliphatic hydroxyl groups excluding tert-OH is 1. The van der Waals surface area contributed by atoms with Gasteiger partial charge in [0.2, 0.25) is 0 Å². The van der Waals surface area contributed by atoms with Gasteiger partial charge in [-0.25, -0.2) is 0 Å². The molecular weight excluding hydrogens is 234 g/mol. The van der Waals surface area contributed by atoms with Crippen molar-refractivity contribution in [2.75, 3.05) is 18.8 Å². The summed E-state index contributed by atoms with van der Waals surface area (Å²) in [6, 6.07) is 5.91. The van der Waals surface area contributed by atoms with Crippen LogP contribution in [0.15, 0.2) is 23.1 Å². The number of nitrogens with one attached hydrogen (secondary N) is 1. The number of benzene rings is 1. The van der Waals surface area contributed by atoms with Crippen LogP contribution >= 0.6 is 0 Å². The predicted molar refractivity (Wildman–Crippen MR) is 71.7 cm³/mol. The van der Waals surface area contributed by atoms with E-state index in [9.17, 15) is 9.32 Å². The van der Waals surface area contributed by atoms with E-state index < -0.39 is 16.9 Å². The molecule has 0 fully saturated rings. The Kier molecular flexibility index (Phi) is 5.82. The van der Waals surface area contributed by atoms with Crippen LogP contribution in [-0.2, 0) is 10.8 Å². The zero-order valence-corrected chi connectivity index (χ0v) is 11.5. The third-order valence-corrected chi connectivity index (χ3v) is 4.18. The molecule has 0 aromatic heterocycles. The molecule has 0 radical (unpaired) electrons. The maximum absolute atomic E-state index is 12.1. The van der Waals surface area contributed by atoms with E-state index in [1.807, 2.05) is 39.0 Å². The van der Waals surface area contributed by atoms with Crippen LogP contribution < -0.4 is 5.32 Å². The third-order valence-electron chi connectivity index (χ3n) is 2.56. The Morgan fingerprint density at radius 3 is 2.76 bits per heavy atom. The number of hydrogen-bond donors (Lipinski definition) is 2. The van der Waals surface area contributed by atoms with E-state index in [1.54, 1.807) is 0 Å². The first kappa shape index (κ1) is 14.4. The fourth-order valence-electron chi connectivity index (χ4n) is 1.59. The Labute approximate surface area is 106 Å². The maximum Gasteiger partial charge on any atom is 0.0783 e. The molecule has 0 aliphatic rings. The SMILES string of the molecule is CCNCC(O)CS(=O)c1cc(C)ccc1C. The van der Waals surface area contributed by atoms with Crippen LogP contribution in [0.5, 0.6) is 0 Å². The Hall–Kier alpha value is -0.710. The van der Waals surface area contributed by atoms with E-state index >= 15 is 0 Å². The summed E-state index contributed by atoms with van der Waals surface area (Å²) in [6.07, 6.45) is -0.560. The lowest BCUT2D eigenvalue weighted by molar-refractivity contribution is 0.195. The summed E-state index contributed by atoms with van der Waals surface area (Å²) >= 11 is 0. The molecule has 17 heavy (non-hydrogen) atoms. The number of likely N-dealkylation sites (N-methyl/N-ethyl adjacent to an activating group) is 1. The number of hydrogen-bond acceptors (Lipinski definition) is 3. The molecule has 1 aromatic rings. The fraction of sp³-hybridized carbons (Fsp3) is 0.538. The monoisotopic (exact) mass is 255 g/mol. The van der Waals surface area contributed by atoms with E-state index in [1.165, 1.54) is 0 Å². The van der Waals surface area contributed by atoms with Gasteiger partial charge < -0.3 is 10.4 Å². The summed E-state index contributed by atoms with van der Waals surface area (Å²) < 4.78 is 12.1. The molecule has 1 aromatic carbocycles. The molecule has 2 N–H and O–H groups in total. The van der Waals surface area contributed by atoms with Crippen molar-refractivity contribution in [3.05, 3.63) is 29.3 Å². The highest BCUT2D eigenvalue weighted by atomic mass is 32.2. The predicted octanol–water partition coefficient (Wildman–Crippen LogP) is 1.38. The quantitative estimate of drug-likeness (QED) is 0.807. The molecule has 96 valence electrons. The van der Waals surface area contributed by atoms with Crippen molar-refractivity contribution in [3.63, 3.8) is 0 Å².